The van der Waals surface area contributed by atoms with Crippen LogP contribution in [0.2, 0.25) is 0 Å². The molecule has 0 saturated heterocycles. The minimum atomic E-state index is -0.154. The fourth-order valence-corrected chi connectivity index (χ4v) is 7.37. The molecule has 9 rings (SSSR count). The summed E-state index contributed by atoms with van der Waals surface area (Å²) in [4.78, 5) is 10.3. The molecule has 0 bridgehead atoms. The number of allylic oxidation sites excluding steroid dienone is 6. The topological polar surface area (TPSA) is 35.6 Å². The van der Waals surface area contributed by atoms with E-state index in [9.17, 15) is 0 Å². The van der Waals surface area contributed by atoms with Gasteiger partial charge in [-0.3, -0.25) is 0 Å². The second-order valence-corrected chi connectivity index (χ2v) is 12.7. The predicted octanol–water partition coefficient (Wildman–Crippen LogP) is 10.2. The van der Waals surface area contributed by atoms with Crippen LogP contribution in [0.4, 0.5) is 0 Å². The molecule has 3 aromatic heterocycles. The Morgan fingerprint density at radius 2 is 1.48 bits per heavy atom. The summed E-state index contributed by atoms with van der Waals surface area (Å²) in [7, 11) is 0. The molecule has 7 aromatic rings. The van der Waals surface area contributed by atoms with Crippen LogP contribution in [0.15, 0.2) is 146 Å². The number of rotatable bonds is 4. The molecule has 46 heavy (non-hydrogen) atoms. The highest BCUT2D eigenvalue weighted by Gasteiger charge is 2.39. The number of nitrogens with zero attached hydrogens (tertiary/aromatic N) is 4. The van der Waals surface area contributed by atoms with Gasteiger partial charge in [-0.15, -0.1) is 0 Å². The van der Waals surface area contributed by atoms with Crippen molar-refractivity contribution in [3.8, 4) is 34.0 Å². The third-order valence-electron chi connectivity index (χ3n) is 9.52. The van der Waals surface area contributed by atoms with Gasteiger partial charge in [-0.05, 0) is 47.9 Å². The highest BCUT2D eigenvalue weighted by atomic mass is 15.1. The molecule has 0 unspecified atom stereocenters. The van der Waals surface area contributed by atoms with Crippen molar-refractivity contribution in [2.45, 2.75) is 25.7 Å². The van der Waals surface area contributed by atoms with Gasteiger partial charge in [0.15, 0.2) is 5.82 Å². The van der Waals surface area contributed by atoms with Gasteiger partial charge in [0.25, 0.3) is 0 Å². The molecule has 1 aliphatic heterocycles. The third kappa shape index (κ3) is 4.00. The van der Waals surface area contributed by atoms with E-state index in [1.807, 2.05) is 6.07 Å². The first-order chi connectivity index (χ1) is 22.6. The molecular weight excluding hydrogens is 560 g/mol. The Labute approximate surface area is 268 Å². The van der Waals surface area contributed by atoms with Crippen LogP contribution in [0.25, 0.3) is 61.4 Å². The zero-order chi connectivity index (χ0) is 30.8. The number of para-hydroxylation sites is 2. The molecule has 2 aliphatic rings. The first kappa shape index (κ1) is 26.6. The minimum Gasteiger partial charge on any atom is -0.317 e. The SMILES string of the molecule is CC1(C)c2ccccc2-n2cc3c4ccccc4n(-c4cccc(-c5nc(C6=CCC=CC=C6)cc(-c6ccccc6)n5)c4)c3c21. The Morgan fingerprint density at radius 1 is 0.696 bits per heavy atom. The van der Waals surface area contributed by atoms with Crippen molar-refractivity contribution >= 4 is 27.4 Å². The number of hydrogen-bond donors (Lipinski definition) is 0. The number of aromatic nitrogens is 4. The average Bonchev–Trinajstić information content (AvgIpc) is 3.59. The summed E-state index contributed by atoms with van der Waals surface area (Å²) >= 11 is 0. The standard InChI is InChI=1S/C42H32N4/c1-42(2)34-22-11-13-24-38(34)45-27-33-32-21-10-12-23-37(32)46(39(33)40(42)45)31-20-14-19-30(25-31)41-43-35(28-15-6-3-4-7-16-28)26-36(44-41)29-17-8-5-9-18-29/h3-6,8-27H,7H2,1-2H3. The van der Waals surface area contributed by atoms with Gasteiger partial charge in [-0.2, -0.15) is 0 Å². The first-order valence-electron chi connectivity index (χ1n) is 15.9. The van der Waals surface area contributed by atoms with Crippen LogP contribution in [-0.4, -0.2) is 19.1 Å². The van der Waals surface area contributed by atoms with Gasteiger partial charge < -0.3 is 9.13 Å². The largest absolute Gasteiger partial charge is 0.317 e. The van der Waals surface area contributed by atoms with Gasteiger partial charge >= 0.3 is 0 Å². The van der Waals surface area contributed by atoms with Crippen molar-refractivity contribution in [2.75, 3.05) is 0 Å². The predicted molar refractivity (Wildman–Crippen MR) is 190 cm³/mol. The van der Waals surface area contributed by atoms with Crippen LogP contribution in [0.3, 0.4) is 0 Å². The van der Waals surface area contributed by atoms with E-state index in [1.165, 1.54) is 38.8 Å². The van der Waals surface area contributed by atoms with Crippen molar-refractivity contribution in [2.24, 2.45) is 0 Å². The van der Waals surface area contributed by atoms with Crippen LogP contribution in [0.1, 0.15) is 37.2 Å². The normalized spacial score (nSPS) is 14.8. The smallest absolute Gasteiger partial charge is 0.160 e. The van der Waals surface area contributed by atoms with Crippen LogP contribution >= 0.6 is 0 Å². The van der Waals surface area contributed by atoms with E-state index >= 15 is 0 Å². The number of benzene rings is 4. The second kappa shape index (κ2) is 10.1. The average molecular weight is 593 g/mol. The highest BCUT2D eigenvalue weighted by Crippen LogP contribution is 2.49. The molecule has 0 atom stereocenters. The summed E-state index contributed by atoms with van der Waals surface area (Å²) in [5, 5.41) is 2.52. The molecule has 0 spiro atoms. The van der Waals surface area contributed by atoms with Crippen molar-refractivity contribution in [1.29, 1.82) is 0 Å². The molecule has 0 fully saturated rings. The third-order valence-corrected chi connectivity index (χ3v) is 9.52. The van der Waals surface area contributed by atoms with E-state index < -0.39 is 0 Å². The quantitative estimate of drug-likeness (QED) is 0.204. The van der Waals surface area contributed by atoms with E-state index in [0.717, 1.165) is 40.2 Å². The van der Waals surface area contributed by atoms with E-state index in [-0.39, 0.29) is 5.41 Å². The summed E-state index contributed by atoms with van der Waals surface area (Å²) in [6, 6.07) is 38.8. The molecule has 4 aromatic carbocycles. The van der Waals surface area contributed by atoms with Gasteiger partial charge in [-0.1, -0.05) is 123 Å². The summed E-state index contributed by atoms with van der Waals surface area (Å²) in [5.41, 5.74) is 12.3. The van der Waals surface area contributed by atoms with E-state index in [4.69, 9.17) is 9.97 Å². The van der Waals surface area contributed by atoms with Gasteiger partial charge in [0.1, 0.15) is 0 Å². The molecular formula is C42H32N4. The van der Waals surface area contributed by atoms with Crippen LogP contribution in [0.5, 0.6) is 0 Å². The Kier molecular flexibility index (Phi) is 5.88. The minimum absolute atomic E-state index is 0.154. The molecule has 4 heteroatoms. The Morgan fingerprint density at radius 3 is 2.39 bits per heavy atom. The summed E-state index contributed by atoms with van der Waals surface area (Å²) in [5.74, 6) is 0.715. The van der Waals surface area contributed by atoms with Crippen molar-refractivity contribution in [1.82, 2.24) is 19.1 Å². The molecule has 0 amide bonds. The maximum absolute atomic E-state index is 5.17. The lowest BCUT2D eigenvalue weighted by atomic mass is 9.83. The zero-order valence-electron chi connectivity index (χ0n) is 25.9. The molecule has 220 valence electrons. The molecule has 4 nitrogen and oxygen atoms in total. The molecule has 4 heterocycles. The van der Waals surface area contributed by atoms with Crippen molar-refractivity contribution < 1.29 is 0 Å². The first-order valence-corrected chi connectivity index (χ1v) is 15.9. The van der Waals surface area contributed by atoms with Gasteiger partial charge in [0.2, 0.25) is 0 Å². The van der Waals surface area contributed by atoms with Crippen LogP contribution < -0.4 is 0 Å². The summed E-state index contributed by atoms with van der Waals surface area (Å²) in [6.45, 7) is 4.69. The molecule has 0 N–H and O–H groups in total. The maximum Gasteiger partial charge on any atom is 0.160 e. The van der Waals surface area contributed by atoms with Crippen molar-refractivity contribution in [3.05, 3.63) is 163 Å². The zero-order valence-corrected chi connectivity index (χ0v) is 25.9. The summed E-state index contributed by atoms with van der Waals surface area (Å²) in [6.07, 6.45) is 13.9. The number of hydrogen-bond acceptors (Lipinski definition) is 2. The van der Waals surface area contributed by atoms with E-state index in [0.29, 0.717) is 5.82 Å². The van der Waals surface area contributed by atoms with Gasteiger partial charge in [-0.25, -0.2) is 9.97 Å². The van der Waals surface area contributed by atoms with Crippen LogP contribution in [-0.2, 0) is 5.41 Å². The fourth-order valence-electron chi connectivity index (χ4n) is 7.37. The Balaban J connectivity index is 1.27. The lowest BCUT2D eigenvalue weighted by molar-refractivity contribution is 0.646. The Bertz CT molecular complexity index is 2410. The highest BCUT2D eigenvalue weighted by molar-refractivity contribution is 6.11. The van der Waals surface area contributed by atoms with Gasteiger partial charge in [0, 0.05) is 44.9 Å². The fraction of sp³-hybridized carbons (Fsp3) is 0.0952. The number of fused-ring (bicyclic) bond motifs is 7. The lowest BCUT2D eigenvalue weighted by Gasteiger charge is -2.21. The molecule has 0 saturated carbocycles. The van der Waals surface area contributed by atoms with E-state index in [1.54, 1.807) is 0 Å². The Hall–Kier alpha value is -5.74. The monoisotopic (exact) mass is 592 g/mol. The summed E-state index contributed by atoms with van der Waals surface area (Å²) < 4.78 is 4.85. The molecule has 1 aliphatic carbocycles. The van der Waals surface area contributed by atoms with E-state index in [2.05, 4.69) is 163 Å². The van der Waals surface area contributed by atoms with Crippen LogP contribution in [0, 0.1) is 0 Å². The van der Waals surface area contributed by atoms with Crippen molar-refractivity contribution in [3.63, 3.8) is 0 Å². The second-order valence-electron chi connectivity index (χ2n) is 12.7. The van der Waals surface area contributed by atoms with Gasteiger partial charge in [0.05, 0.1) is 28.1 Å². The maximum atomic E-state index is 5.17. The molecule has 0 radical (unpaired) electrons. The lowest BCUT2D eigenvalue weighted by Crippen LogP contribution is -2.16.